The number of nitrogens with one attached hydrogen (secondary N) is 3. The fourth-order valence-corrected chi connectivity index (χ4v) is 14.5. The van der Waals surface area contributed by atoms with E-state index in [9.17, 15) is 59.5 Å². The van der Waals surface area contributed by atoms with Gasteiger partial charge in [0, 0.05) is 78.6 Å². The molecule has 91 heavy (non-hydrogen) atoms. The van der Waals surface area contributed by atoms with Crippen LogP contribution in [0.5, 0.6) is 5.75 Å². The summed E-state index contributed by atoms with van der Waals surface area (Å²) in [5, 5.41) is 16.5. The number of benzene rings is 3. The highest BCUT2D eigenvalue weighted by molar-refractivity contribution is 7.86. The predicted octanol–water partition coefficient (Wildman–Crippen LogP) is 5.23. The lowest BCUT2D eigenvalue weighted by atomic mass is 9.75. The molecule has 5 aromatic rings. The number of nitrogens with zero attached hydrogens (tertiary/aromatic N) is 5. The number of aliphatic hydroxyl groups excluding tert-OH is 1. The van der Waals surface area contributed by atoms with E-state index >= 15 is 0 Å². The van der Waals surface area contributed by atoms with Crippen molar-refractivity contribution in [1.82, 2.24) is 25.2 Å². The van der Waals surface area contributed by atoms with Crippen LogP contribution in [-0.2, 0) is 64.9 Å². The summed E-state index contributed by atoms with van der Waals surface area (Å²) in [7, 11) is -18.7. The van der Waals surface area contributed by atoms with Gasteiger partial charge in [0.1, 0.15) is 30.3 Å². The van der Waals surface area contributed by atoms with Crippen molar-refractivity contribution >= 4 is 99.0 Å². The van der Waals surface area contributed by atoms with Gasteiger partial charge in [-0.25, -0.2) is 18.5 Å². The first kappa shape index (κ1) is 67.9. The number of rotatable bonds is 24. The van der Waals surface area contributed by atoms with Crippen LogP contribution in [0.3, 0.4) is 0 Å². The van der Waals surface area contributed by atoms with Crippen LogP contribution >= 0.6 is 15.6 Å². The molecular formula is C58H71N9O20P2S2+2. The summed E-state index contributed by atoms with van der Waals surface area (Å²) in [6, 6.07) is 18.0. The van der Waals surface area contributed by atoms with Gasteiger partial charge in [0.05, 0.1) is 35.3 Å². The number of imidazole rings is 1. The van der Waals surface area contributed by atoms with E-state index in [0.717, 1.165) is 40.1 Å². The molecule has 2 amide bonds. The van der Waals surface area contributed by atoms with Crippen LogP contribution in [-0.4, -0.2) is 145 Å². The molecule has 488 valence electrons. The maximum absolute atomic E-state index is 13.5. The van der Waals surface area contributed by atoms with Gasteiger partial charge in [-0.2, -0.15) is 25.7 Å². The number of nitrogen functional groups attached to an aromatic ring is 1. The third-order valence-corrected chi connectivity index (χ3v) is 19.6. The largest absolute Gasteiger partial charge is 0.481 e. The zero-order valence-corrected chi connectivity index (χ0v) is 53.6. The first-order chi connectivity index (χ1) is 42.7. The summed E-state index contributed by atoms with van der Waals surface area (Å²) >= 11 is 0. The Morgan fingerprint density at radius 3 is 2.38 bits per heavy atom. The first-order valence-electron chi connectivity index (χ1n) is 28.6. The van der Waals surface area contributed by atoms with Crippen LogP contribution in [0.4, 0.5) is 22.1 Å². The van der Waals surface area contributed by atoms with Crippen molar-refractivity contribution in [1.29, 1.82) is 0 Å². The number of alkyl carbamates (subject to hydrolysis) is 1. The fraction of sp³-hybridized carbons (Fsp3) is 0.379. The predicted molar refractivity (Wildman–Crippen MR) is 333 cm³/mol. The number of fused-ring (bicyclic) bond motifs is 4. The molecule has 3 aromatic carbocycles. The third-order valence-electron chi connectivity index (χ3n) is 15.8. The second kappa shape index (κ2) is 26.6. The van der Waals surface area contributed by atoms with Gasteiger partial charge >= 0.3 is 27.4 Å². The van der Waals surface area contributed by atoms with Crippen LogP contribution < -0.4 is 36.1 Å². The Balaban J connectivity index is 0.914. The Morgan fingerprint density at radius 2 is 1.69 bits per heavy atom. The summed E-state index contributed by atoms with van der Waals surface area (Å²) in [4.78, 5) is 76.1. The molecule has 0 bridgehead atoms. The van der Waals surface area contributed by atoms with Crippen LogP contribution in [0.1, 0.15) is 88.8 Å². The smallest absolute Gasteiger partial charge is 0.456 e. The average molecular weight is 1340 g/mol. The Kier molecular flexibility index (Phi) is 19.9. The number of hydrogen-bond donors (Lipinski definition) is 10. The number of aliphatic hydroxyl groups is 1. The van der Waals surface area contributed by atoms with Crippen molar-refractivity contribution in [3.8, 4) is 5.75 Å². The van der Waals surface area contributed by atoms with Gasteiger partial charge in [-0.15, -0.1) is 0 Å². The molecule has 0 saturated carbocycles. The van der Waals surface area contributed by atoms with E-state index in [0.29, 0.717) is 28.5 Å². The zero-order valence-electron chi connectivity index (χ0n) is 50.2. The minimum atomic E-state index is -5.54. The fourth-order valence-electron chi connectivity index (χ4n) is 11.9. The van der Waals surface area contributed by atoms with E-state index in [1.54, 1.807) is 18.2 Å². The number of H-pyrrole nitrogens is 1. The van der Waals surface area contributed by atoms with Gasteiger partial charge < -0.3 is 55.3 Å². The number of likely N-dealkylation sites (N-methyl/N-ethyl adjacent to an activating group) is 1. The number of phosphoric acid groups is 2. The SMILES string of the molecule is CCN1c2cc3c(cc2C(C)=CC1(C)C)C(=CC=CC=CC1=[N+](CCCS(=O)(=O)O)c2ccc(S(=O)(=O)O)cc2C1(C)CCCC(=O)NCCNC(=O)O[C@@H]1[C@H](O)[C@@H](COP(=O)(O)OP(=O)(O)O)O[C@H]1[n+]1cn(C)c2c(=O)[nH]c(N)nc21)C=C(c1ccccc1)O3. The quantitative estimate of drug-likeness (QED) is 0.0124. The van der Waals surface area contributed by atoms with Crippen LogP contribution in [0.25, 0.3) is 28.1 Å². The van der Waals surface area contributed by atoms with E-state index < -0.39 is 101 Å². The molecule has 29 nitrogen and oxygen atoms in total. The highest BCUT2D eigenvalue weighted by atomic mass is 32.2. The number of aromatic nitrogens is 4. The molecule has 11 N–H and O–H groups in total. The molecule has 2 aromatic heterocycles. The molecule has 0 spiro atoms. The number of carbonyl (C=O) groups is 2. The monoisotopic (exact) mass is 1340 g/mol. The van der Waals surface area contributed by atoms with E-state index in [-0.39, 0.29) is 68.0 Å². The van der Waals surface area contributed by atoms with Gasteiger partial charge in [0.15, 0.2) is 18.1 Å². The Morgan fingerprint density at radius 1 is 0.967 bits per heavy atom. The summed E-state index contributed by atoms with van der Waals surface area (Å²) < 4.78 is 124. The second-order valence-corrected chi connectivity index (χ2v) is 28.6. The Labute approximate surface area is 523 Å². The molecule has 1 fully saturated rings. The number of phosphoric ester groups is 1. The zero-order chi connectivity index (χ0) is 66.2. The number of allylic oxidation sites excluding steroid dienone is 8. The number of hydrogen-bond acceptors (Lipinski definition) is 18. The van der Waals surface area contributed by atoms with Crippen LogP contribution in [0.15, 0.2) is 119 Å². The number of ether oxygens (including phenoxy) is 3. The summed E-state index contributed by atoms with van der Waals surface area (Å²) in [6.45, 7) is 9.77. The molecule has 0 radical (unpaired) electrons. The van der Waals surface area contributed by atoms with E-state index in [1.807, 2.05) is 60.1 Å². The highest BCUT2D eigenvalue weighted by Crippen LogP contribution is 2.58. The molecule has 1 saturated heterocycles. The van der Waals surface area contributed by atoms with Crippen molar-refractivity contribution in [2.24, 2.45) is 7.05 Å². The molecular weight excluding hydrogens is 1270 g/mol. The lowest BCUT2D eigenvalue weighted by Crippen LogP contribution is -2.49. The van der Waals surface area contributed by atoms with Crippen molar-refractivity contribution in [3.63, 3.8) is 0 Å². The van der Waals surface area contributed by atoms with Crippen LogP contribution in [0.2, 0.25) is 0 Å². The number of anilines is 2. The molecule has 4 aliphatic heterocycles. The van der Waals surface area contributed by atoms with E-state index in [4.69, 9.17) is 29.7 Å². The van der Waals surface area contributed by atoms with Gasteiger partial charge in [-0.1, -0.05) is 65.7 Å². The Hall–Kier alpha value is -7.48. The third kappa shape index (κ3) is 15.5. The molecule has 0 aliphatic carbocycles. The summed E-state index contributed by atoms with van der Waals surface area (Å²) in [5.74, 6) is -0.0434. The maximum Gasteiger partial charge on any atom is 0.481 e. The van der Waals surface area contributed by atoms with Crippen molar-refractivity contribution in [3.05, 3.63) is 142 Å². The molecule has 33 heteroatoms. The number of aryl methyl sites for hydroxylation is 1. The maximum atomic E-state index is 13.5. The van der Waals surface area contributed by atoms with Crippen LogP contribution in [0, 0.1) is 0 Å². The normalized spacial score (nSPS) is 21.8. The van der Waals surface area contributed by atoms with Gasteiger partial charge in [0.2, 0.25) is 23.3 Å². The van der Waals surface area contributed by atoms with Gasteiger partial charge in [-0.3, -0.25) is 32.8 Å². The highest BCUT2D eigenvalue weighted by Gasteiger charge is 2.52. The second-order valence-electron chi connectivity index (χ2n) is 22.7. The average Bonchev–Trinajstić information content (AvgIpc) is 1.62. The summed E-state index contributed by atoms with van der Waals surface area (Å²) in [5.41, 5.74) is 11.1. The Bertz CT molecular complexity index is 4290. The van der Waals surface area contributed by atoms with Crippen molar-refractivity contribution < 1.29 is 96.6 Å². The number of carbonyl (C=O) groups excluding carboxylic acids is 2. The lowest BCUT2D eigenvalue weighted by molar-refractivity contribution is -0.745. The van der Waals surface area contributed by atoms with E-state index in [2.05, 4.69) is 80.2 Å². The minimum absolute atomic E-state index is 0.0361. The first-order valence-corrected chi connectivity index (χ1v) is 34.7. The summed E-state index contributed by atoms with van der Waals surface area (Å²) in [6.07, 6.45) is 7.02. The van der Waals surface area contributed by atoms with E-state index in [1.165, 1.54) is 40.7 Å². The minimum Gasteiger partial charge on any atom is -0.456 e. The van der Waals surface area contributed by atoms with Gasteiger partial charge in [0.25, 0.3) is 31.7 Å². The lowest BCUT2D eigenvalue weighted by Gasteiger charge is -2.43. The standard InChI is InChI=1S/C58H69N9O20P2S2/c1-7-67-43-31-45-40(30-39(43)35(2)32-57(67,3)4)37(28-44(84-45)36-16-10-8-11-17-36)18-12-9-13-19-47-58(5,41-29-38(91(80,81)82)21-22-42(41)65(47)26-15-27-90(77,78)79)23-14-20-48(68)60-24-25-61-56(71)86-51-50(69)46(33-83-89(75,76)87-88(72,73)74)85-54(51)66-34-64(6)49-52(66)62-55(59)63-53(49)70/h8-13,16-19,21-22,28-32,34,46,50-51,54,69H,7,14-15,20,23-27,33H2,1-6H3,(H8-2,59,60,61,62,63,68,70,71,72,73,74,75,76,77,78,79,80,81,82)/p+2/t46-,50-,51-,54-,58?/m1/s1. The molecule has 2 unspecified atom stereocenters. The number of nitrogens with two attached hydrogens (primary N) is 1. The van der Waals surface area contributed by atoms with Crippen molar-refractivity contribution in [2.45, 2.75) is 101 Å². The topological polar surface area (TPSA) is 415 Å². The van der Waals surface area contributed by atoms with Gasteiger partial charge in [-0.05, 0) is 82.9 Å². The molecule has 4 aliphatic rings. The number of aromatic amines is 1. The number of amides is 2. The molecule has 6 heterocycles. The van der Waals surface area contributed by atoms with Crippen molar-refractivity contribution in [2.75, 3.05) is 49.2 Å². The molecule has 9 rings (SSSR count). The molecule has 6 atom stereocenters.